The molecule has 0 aliphatic rings. The van der Waals surface area contributed by atoms with Crippen LogP contribution in [0, 0.1) is 6.92 Å². The first-order valence-electron chi connectivity index (χ1n) is 8.52. The van der Waals surface area contributed by atoms with Crippen LogP contribution in [0.15, 0.2) is 36.4 Å². The summed E-state index contributed by atoms with van der Waals surface area (Å²) in [4.78, 5) is 4.35. The molecule has 0 aliphatic carbocycles. The molecule has 2 heteroatoms. The van der Waals surface area contributed by atoms with Crippen molar-refractivity contribution in [2.75, 3.05) is 38.0 Å². The molecule has 23 heavy (non-hydrogen) atoms. The summed E-state index contributed by atoms with van der Waals surface area (Å²) in [5.41, 5.74) is 8.04. The summed E-state index contributed by atoms with van der Waals surface area (Å²) >= 11 is 0. The molecule has 0 saturated carbocycles. The molecule has 0 aromatic heterocycles. The van der Waals surface area contributed by atoms with Crippen molar-refractivity contribution in [2.24, 2.45) is 0 Å². The van der Waals surface area contributed by atoms with Gasteiger partial charge in [0.25, 0.3) is 0 Å². The topological polar surface area (TPSA) is 6.48 Å². The Bertz CT molecular complexity index is 657. The molecule has 0 aliphatic heterocycles. The Kier molecular flexibility index (Phi) is 5.70. The molecule has 0 heterocycles. The van der Waals surface area contributed by atoms with Crippen molar-refractivity contribution in [3.05, 3.63) is 47.5 Å². The van der Waals surface area contributed by atoms with Crippen LogP contribution in [0.4, 0.5) is 11.4 Å². The fourth-order valence-corrected chi connectivity index (χ4v) is 2.86. The van der Waals surface area contributed by atoms with Crippen LogP contribution in [0.3, 0.4) is 0 Å². The average Bonchev–Trinajstić information content (AvgIpc) is 2.53. The lowest BCUT2D eigenvalue weighted by Crippen LogP contribution is -2.10. The number of aryl methyl sites for hydroxylation is 2. The lowest BCUT2D eigenvalue weighted by Gasteiger charge is -2.20. The van der Waals surface area contributed by atoms with Gasteiger partial charge in [-0.25, -0.2) is 0 Å². The molecular formula is C21H30N2. The molecule has 0 N–H and O–H groups in total. The van der Waals surface area contributed by atoms with E-state index in [1.165, 1.54) is 46.5 Å². The van der Waals surface area contributed by atoms with Crippen molar-refractivity contribution in [2.45, 2.75) is 33.1 Å². The minimum atomic E-state index is 1.14. The van der Waals surface area contributed by atoms with Crippen molar-refractivity contribution in [1.82, 2.24) is 0 Å². The minimum absolute atomic E-state index is 1.14. The SMILES string of the molecule is CCCCc1ccc(N(C)C)cc1-c1cc(N(C)C)ccc1C. The maximum absolute atomic E-state index is 2.34. The summed E-state index contributed by atoms with van der Waals surface area (Å²) in [6, 6.07) is 13.6. The molecule has 0 unspecified atom stereocenters. The summed E-state index contributed by atoms with van der Waals surface area (Å²) in [5, 5.41) is 0. The van der Waals surface area contributed by atoms with Gasteiger partial charge in [-0.1, -0.05) is 25.5 Å². The molecule has 0 saturated heterocycles. The van der Waals surface area contributed by atoms with Gasteiger partial charge in [0.1, 0.15) is 0 Å². The first-order valence-corrected chi connectivity index (χ1v) is 8.52. The van der Waals surface area contributed by atoms with Crippen molar-refractivity contribution < 1.29 is 0 Å². The molecule has 124 valence electrons. The molecule has 0 atom stereocenters. The molecule has 2 aromatic rings. The number of rotatable bonds is 6. The average molecular weight is 310 g/mol. The predicted octanol–water partition coefficient (Wildman–Crippen LogP) is 5.14. The van der Waals surface area contributed by atoms with Crippen LogP contribution in [0.1, 0.15) is 30.9 Å². The van der Waals surface area contributed by atoms with Crippen LogP contribution < -0.4 is 9.80 Å². The van der Waals surface area contributed by atoms with E-state index in [1.807, 2.05) is 0 Å². The second-order valence-electron chi connectivity index (χ2n) is 6.73. The van der Waals surface area contributed by atoms with Gasteiger partial charge >= 0.3 is 0 Å². The maximum atomic E-state index is 2.34. The Morgan fingerprint density at radius 3 is 1.91 bits per heavy atom. The number of nitrogens with zero attached hydrogens (tertiary/aromatic N) is 2. The highest BCUT2D eigenvalue weighted by molar-refractivity contribution is 5.77. The van der Waals surface area contributed by atoms with E-state index < -0.39 is 0 Å². The Morgan fingerprint density at radius 1 is 0.783 bits per heavy atom. The van der Waals surface area contributed by atoms with E-state index in [1.54, 1.807) is 0 Å². The van der Waals surface area contributed by atoms with Crippen LogP contribution in [0.2, 0.25) is 0 Å². The van der Waals surface area contributed by atoms with Crippen molar-refractivity contribution in [3.8, 4) is 11.1 Å². The third kappa shape index (κ3) is 4.07. The predicted molar refractivity (Wildman–Crippen MR) is 104 cm³/mol. The van der Waals surface area contributed by atoms with E-state index in [-0.39, 0.29) is 0 Å². The van der Waals surface area contributed by atoms with E-state index in [9.17, 15) is 0 Å². The van der Waals surface area contributed by atoms with E-state index in [0.29, 0.717) is 0 Å². The number of unbranched alkanes of at least 4 members (excludes halogenated alkanes) is 1. The van der Waals surface area contributed by atoms with Crippen LogP contribution in [-0.2, 0) is 6.42 Å². The molecule has 0 radical (unpaired) electrons. The summed E-state index contributed by atoms with van der Waals surface area (Å²) in [7, 11) is 8.41. The van der Waals surface area contributed by atoms with Crippen LogP contribution in [0.5, 0.6) is 0 Å². The fraction of sp³-hybridized carbons (Fsp3) is 0.429. The Balaban J connectivity index is 2.58. The molecule has 2 nitrogen and oxygen atoms in total. The van der Waals surface area contributed by atoms with Crippen LogP contribution in [0.25, 0.3) is 11.1 Å². The Hall–Kier alpha value is -1.96. The fourth-order valence-electron chi connectivity index (χ4n) is 2.86. The number of hydrogen-bond donors (Lipinski definition) is 0. The van der Waals surface area contributed by atoms with Gasteiger partial charge in [0.15, 0.2) is 0 Å². The van der Waals surface area contributed by atoms with Gasteiger partial charge in [0.2, 0.25) is 0 Å². The quantitative estimate of drug-likeness (QED) is 0.729. The summed E-state index contributed by atoms with van der Waals surface area (Å²) in [6.07, 6.45) is 3.61. The zero-order chi connectivity index (χ0) is 17.0. The molecule has 0 spiro atoms. The van der Waals surface area contributed by atoms with E-state index in [0.717, 1.165) is 6.42 Å². The van der Waals surface area contributed by atoms with Crippen LogP contribution in [-0.4, -0.2) is 28.2 Å². The first kappa shape index (κ1) is 17.4. The van der Waals surface area contributed by atoms with E-state index in [2.05, 4.69) is 88.2 Å². The third-order valence-corrected chi connectivity index (χ3v) is 4.44. The van der Waals surface area contributed by atoms with Gasteiger partial charge in [0, 0.05) is 39.6 Å². The van der Waals surface area contributed by atoms with E-state index in [4.69, 9.17) is 0 Å². The maximum Gasteiger partial charge on any atom is 0.0367 e. The lowest BCUT2D eigenvalue weighted by molar-refractivity contribution is 0.796. The summed E-state index contributed by atoms with van der Waals surface area (Å²) in [5.74, 6) is 0. The number of benzene rings is 2. The van der Waals surface area contributed by atoms with Crippen molar-refractivity contribution in [3.63, 3.8) is 0 Å². The molecule has 0 bridgehead atoms. The zero-order valence-corrected chi connectivity index (χ0v) is 15.5. The van der Waals surface area contributed by atoms with Gasteiger partial charge in [0.05, 0.1) is 0 Å². The largest absolute Gasteiger partial charge is 0.378 e. The van der Waals surface area contributed by atoms with Gasteiger partial charge in [-0.15, -0.1) is 0 Å². The summed E-state index contributed by atoms with van der Waals surface area (Å²) in [6.45, 7) is 4.46. The van der Waals surface area contributed by atoms with Crippen molar-refractivity contribution in [1.29, 1.82) is 0 Å². The Labute approximate surface area is 141 Å². The van der Waals surface area contributed by atoms with Crippen molar-refractivity contribution >= 4 is 11.4 Å². The second kappa shape index (κ2) is 7.54. The normalized spacial score (nSPS) is 10.7. The van der Waals surface area contributed by atoms with Gasteiger partial charge in [-0.3, -0.25) is 0 Å². The first-order chi connectivity index (χ1) is 10.9. The number of anilines is 2. The van der Waals surface area contributed by atoms with Gasteiger partial charge in [-0.05, 0) is 66.3 Å². The standard InChI is InChI=1S/C21H30N2/c1-7-8-9-17-11-13-19(23(5)6)15-21(17)20-14-18(22(3)4)12-10-16(20)2/h10-15H,7-9H2,1-6H3. The lowest BCUT2D eigenvalue weighted by atomic mass is 9.92. The monoisotopic (exact) mass is 310 g/mol. The third-order valence-electron chi connectivity index (χ3n) is 4.44. The molecule has 2 rings (SSSR count). The number of hydrogen-bond acceptors (Lipinski definition) is 2. The molecule has 2 aromatic carbocycles. The van der Waals surface area contributed by atoms with Gasteiger partial charge < -0.3 is 9.80 Å². The zero-order valence-electron chi connectivity index (χ0n) is 15.5. The molecule has 0 fully saturated rings. The highest BCUT2D eigenvalue weighted by Crippen LogP contribution is 2.33. The Morgan fingerprint density at radius 2 is 1.35 bits per heavy atom. The second-order valence-corrected chi connectivity index (χ2v) is 6.73. The molecular weight excluding hydrogens is 280 g/mol. The highest BCUT2D eigenvalue weighted by Gasteiger charge is 2.11. The minimum Gasteiger partial charge on any atom is -0.378 e. The summed E-state index contributed by atoms with van der Waals surface area (Å²) < 4.78 is 0. The smallest absolute Gasteiger partial charge is 0.0367 e. The van der Waals surface area contributed by atoms with Gasteiger partial charge in [-0.2, -0.15) is 0 Å². The highest BCUT2D eigenvalue weighted by atomic mass is 15.1. The van der Waals surface area contributed by atoms with Crippen LogP contribution >= 0.6 is 0 Å². The molecule has 0 amide bonds. The van der Waals surface area contributed by atoms with E-state index >= 15 is 0 Å².